The van der Waals surface area contributed by atoms with Gasteiger partial charge in [0, 0.05) is 16.8 Å². The molecule has 12 rings (SSSR count). The second-order valence-electron chi connectivity index (χ2n) is 16.4. The van der Waals surface area contributed by atoms with E-state index in [0.29, 0.717) is 0 Å². The van der Waals surface area contributed by atoms with Crippen molar-refractivity contribution in [3.63, 3.8) is 0 Å². The summed E-state index contributed by atoms with van der Waals surface area (Å²) in [5.74, 6) is 1.95. The van der Waals surface area contributed by atoms with E-state index in [1.165, 1.54) is 69.3 Å². The van der Waals surface area contributed by atoms with E-state index >= 15 is 0 Å². The first-order valence-corrected chi connectivity index (χ1v) is 25.2. The zero-order valence-corrected chi connectivity index (χ0v) is 36.2. The molecule has 1 unspecified atom stereocenters. The van der Waals surface area contributed by atoms with E-state index in [9.17, 15) is 0 Å². The summed E-state index contributed by atoms with van der Waals surface area (Å²) >= 11 is 0. The Morgan fingerprint density at radius 3 is 1.68 bits per heavy atom. The molecule has 2 nitrogen and oxygen atoms in total. The van der Waals surface area contributed by atoms with Crippen molar-refractivity contribution in [2.75, 3.05) is 4.90 Å². The van der Waals surface area contributed by atoms with E-state index in [1.807, 2.05) is 0 Å². The fourth-order valence-electron chi connectivity index (χ4n) is 10.4. The van der Waals surface area contributed by atoms with Gasteiger partial charge in [-0.15, -0.1) is 0 Å². The van der Waals surface area contributed by atoms with Crippen LogP contribution in [0.3, 0.4) is 0 Å². The third kappa shape index (κ3) is 5.76. The molecule has 2 aliphatic heterocycles. The molecule has 1 spiro atoms. The molecule has 10 aromatic carbocycles. The average Bonchev–Trinajstić information content (AvgIpc) is 3.35. The van der Waals surface area contributed by atoms with E-state index < -0.39 is 16.9 Å². The van der Waals surface area contributed by atoms with Gasteiger partial charge in [-0.2, -0.15) is 0 Å². The fourth-order valence-corrected chi connectivity index (χ4v) is 20.8. The first-order chi connectivity index (χ1) is 30.8. The molecule has 0 aliphatic carbocycles. The van der Waals surface area contributed by atoms with Gasteiger partial charge in [0.15, 0.2) is 8.07 Å². The van der Waals surface area contributed by atoms with Gasteiger partial charge < -0.3 is 9.64 Å². The van der Waals surface area contributed by atoms with Crippen LogP contribution in [0.2, 0.25) is 0 Å². The standard InChI is InChI=1S/C58H41NOSi2/c1-3-17-41(18-4-1)42-33-36-46(37-34-42)59(50-26-16-20-43-19-7-8-25-49(43)50)47-22-15-21-44(39-47)45-35-38-58-54(40-45)61(48-23-5-2-6-24-48)53-29-11-14-32-57(53)62(58)55-30-12-9-27-51(55)60-52-28-10-13-31-56(52)62/h1-40,61H. The molecule has 0 fully saturated rings. The van der Waals surface area contributed by atoms with Crippen molar-refractivity contribution in [2.24, 2.45) is 0 Å². The fraction of sp³-hybridized carbons (Fsp3) is 0. The van der Waals surface area contributed by atoms with E-state index in [1.54, 1.807) is 0 Å². The Kier molecular flexibility index (Phi) is 8.73. The molecule has 292 valence electrons. The van der Waals surface area contributed by atoms with Crippen molar-refractivity contribution in [3.05, 3.63) is 243 Å². The third-order valence-electron chi connectivity index (χ3n) is 13.1. The first-order valence-electron chi connectivity index (χ1n) is 21.5. The smallest absolute Gasteiger partial charge is 0.188 e. The molecule has 0 radical (unpaired) electrons. The molecule has 0 saturated heterocycles. The van der Waals surface area contributed by atoms with Crippen molar-refractivity contribution >= 4 is 81.0 Å². The van der Waals surface area contributed by atoms with Crippen molar-refractivity contribution in [3.8, 4) is 33.8 Å². The molecule has 62 heavy (non-hydrogen) atoms. The third-order valence-corrected chi connectivity index (χ3v) is 21.9. The second-order valence-corrected chi connectivity index (χ2v) is 22.8. The van der Waals surface area contributed by atoms with Crippen molar-refractivity contribution in [1.82, 2.24) is 0 Å². The number of hydrogen-bond acceptors (Lipinski definition) is 2. The average molecular weight is 824 g/mol. The SMILES string of the molecule is c1ccc(-c2ccc(N(c3cccc(-c4ccc5c(c4)[SiH](c4ccccc4)c4ccccc4[Si]54c5ccccc5Oc5ccccc54)c3)c3cccc4ccccc34)cc2)cc1. The van der Waals surface area contributed by atoms with Gasteiger partial charge in [-0.3, -0.25) is 0 Å². The van der Waals surface area contributed by atoms with Crippen LogP contribution in [0.1, 0.15) is 0 Å². The van der Waals surface area contributed by atoms with Gasteiger partial charge in [0.25, 0.3) is 0 Å². The monoisotopic (exact) mass is 823 g/mol. The quantitative estimate of drug-likeness (QED) is 0.155. The van der Waals surface area contributed by atoms with Gasteiger partial charge in [-0.1, -0.05) is 216 Å². The number of fused-ring (bicyclic) bond motifs is 9. The Labute approximate surface area is 365 Å². The van der Waals surface area contributed by atoms with E-state index in [0.717, 1.165) is 28.6 Å². The van der Waals surface area contributed by atoms with E-state index in [-0.39, 0.29) is 0 Å². The number of para-hydroxylation sites is 2. The molecule has 10 aromatic rings. The minimum Gasteiger partial charge on any atom is -0.458 e. The summed E-state index contributed by atoms with van der Waals surface area (Å²) in [5, 5.41) is 12.5. The van der Waals surface area contributed by atoms with Gasteiger partial charge in [0.05, 0.1) is 5.69 Å². The minimum atomic E-state index is -2.82. The number of hydrogen-bond donors (Lipinski definition) is 0. The maximum Gasteiger partial charge on any atom is 0.188 e. The van der Waals surface area contributed by atoms with Crippen LogP contribution >= 0.6 is 0 Å². The normalized spacial score (nSPS) is 14.2. The van der Waals surface area contributed by atoms with Gasteiger partial charge in [0.1, 0.15) is 20.3 Å². The predicted molar refractivity (Wildman–Crippen MR) is 266 cm³/mol. The van der Waals surface area contributed by atoms with Gasteiger partial charge in [-0.25, -0.2) is 0 Å². The highest BCUT2D eigenvalue weighted by Crippen LogP contribution is 2.41. The molecule has 2 heterocycles. The van der Waals surface area contributed by atoms with Crippen molar-refractivity contribution in [1.29, 1.82) is 0 Å². The topological polar surface area (TPSA) is 12.5 Å². The van der Waals surface area contributed by atoms with Crippen molar-refractivity contribution < 1.29 is 4.74 Å². The largest absolute Gasteiger partial charge is 0.458 e. The maximum absolute atomic E-state index is 6.75. The molecule has 2 aliphatic rings. The van der Waals surface area contributed by atoms with Crippen LogP contribution < -0.4 is 45.9 Å². The summed E-state index contributed by atoms with van der Waals surface area (Å²) in [6.07, 6.45) is 0. The molecule has 0 N–H and O–H groups in total. The number of benzene rings is 10. The van der Waals surface area contributed by atoms with Crippen LogP contribution in [0, 0.1) is 0 Å². The number of nitrogens with zero attached hydrogens (tertiary/aromatic N) is 1. The Balaban J connectivity index is 1.07. The van der Waals surface area contributed by atoms with Crippen LogP contribution in [-0.2, 0) is 0 Å². The van der Waals surface area contributed by atoms with E-state index in [4.69, 9.17) is 4.74 Å². The Bertz CT molecular complexity index is 3240. The molecule has 0 bridgehead atoms. The van der Waals surface area contributed by atoms with Crippen molar-refractivity contribution in [2.45, 2.75) is 0 Å². The van der Waals surface area contributed by atoms with Crippen LogP contribution in [0.15, 0.2) is 243 Å². The lowest BCUT2D eigenvalue weighted by molar-refractivity contribution is 0.487. The van der Waals surface area contributed by atoms with Gasteiger partial charge >= 0.3 is 0 Å². The Morgan fingerprint density at radius 1 is 0.355 bits per heavy atom. The first kappa shape index (κ1) is 36.4. The number of rotatable bonds is 6. The molecular weight excluding hydrogens is 783 g/mol. The summed E-state index contributed by atoms with van der Waals surface area (Å²) < 4.78 is 6.75. The number of ether oxygens (including phenoxy) is 1. The summed E-state index contributed by atoms with van der Waals surface area (Å²) in [7, 11) is -4.78. The summed E-state index contributed by atoms with van der Waals surface area (Å²) in [5.41, 5.74) is 8.21. The lowest BCUT2D eigenvalue weighted by Gasteiger charge is -2.46. The lowest BCUT2D eigenvalue weighted by Crippen LogP contribution is -2.87. The van der Waals surface area contributed by atoms with E-state index in [2.05, 4.69) is 248 Å². The summed E-state index contributed by atoms with van der Waals surface area (Å²) in [6, 6.07) is 89.9. The second kappa shape index (κ2) is 14.9. The lowest BCUT2D eigenvalue weighted by atomic mass is 10.0. The Hall–Kier alpha value is -7.51. The minimum absolute atomic E-state index is 0.973. The molecule has 4 heteroatoms. The zero-order valence-electron chi connectivity index (χ0n) is 34.0. The van der Waals surface area contributed by atoms with Crippen LogP contribution in [-0.4, -0.2) is 16.9 Å². The summed E-state index contributed by atoms with van der Waals surface area (Å²) in [4.78, 5) is 2.43. The van der Waals surface area contributed by atoms with Crippen LogP contribution in [0.25, 0.3) is 33.0 Å². The zero-order chi connectivity index (χ0) is 41.0. The van der Waals surface area contributed by atoms with Crippen LogP contribution in [0.5, 0.6) is 11.5 Å². The van der Waals surface area contributed by atoms with Gasteiger partial charge in [0.2, 0.25) is 0 Å². The maximum atomic E-state index is 6.75. The molecular formula is C58H41NOSi2. The van der Waals surface area contributed by atoms with Crippen LogP contribution in [0.4, 0.5) is 17.1 Å². The highest BCUT2D eigenvalue weighted by Gasteiger charge is 2.53. The number of anilines is 3. The molecule has 0 amide bonds. The van der Waals surface area contributed by atoms with Gasteiger partial charge in [-0.05, 0) is 90.9 Å². The molecule has 0 saturated carbocycles. The molecule has 0 aromatic heterocycles. The predicted octanol–water partition coefficient (Wildman–Crippen LogP) is 9.69. The Morgan fingerprint density at radius 2 is 0.903 bits per heavy atom. The molecule has 1 atom stereocenters. The highest BCUT2D eigenvalue weighted by atomic mass is 28.3. The highest BCUT2D eigenvalue weighted by molar-refractivity contribution is 7.27. The summed E-state index contributed by atoms with van der Waals surface area (Å²) in [6.45, 7) is 0.